The van der Waals surface area contributed by atoms with Crippen molar-refractivity contribution in [3.05, 3.63) is 0 Å². The van der Waals surface area contributed by atoms with E-state index in [-0.39, 0.29) is 36.8 Å². The summed E-state index contributed by atoms with van der Waals surface area (Å²) in [5.41, 5.74) is -1.23. The van der Waals surface area contributed by atoms with Crippen molar-refractivity contribution in [3.63, 3.8) is 0 Å². The lowest BCUT2D eigenvalue weighted by Crippen LogP contribution is -2.51. The maximum Gasteiger partial charge on any atom is 0.410 e. The number of piperidine rings is 1. The van der Waals surface area contributed by atoms with Gasteiger partial charge in [-0.1, -0.05) is 13.8 Å². The maximum absolute atomic E-state index is 12.6. The van der Waals surface area contributed by atoms with Crippen molar-refractivity contribution in [2.75, 3.05) is 31.9 Å². The van der Waals surface area contributed by atoms with Gasteiger partial charge in [0.1, 0.15) is 5.60 Å². The summed E-state index contributed by atoms with van der Waals surface area (Å²) in [5, 5.41) is 2.80. The summed E-state index contributed by atoms with van der Waals surface area (Å²) in [7, 11) is -3.26. The molecule has 1 rings (SSSR count). The highest BCUT2D eigenvalue weighted by Gasteiger charge is 2.40. The van der Waals surface area contributed by atoms with Crippen LogP contribution in [0.15, 0.2) is 0 Å². The van der Waals surface area contributed by atoms with Gasteiger partial charge in [-0.05, 0) is 46.5 Å². The Morgan fingerprint density at radius 3 is 2.33 bits per heavy atom. The van der Waals surface area contributed by atoms with Gasteiger partial charge in [-0.15, -0.1) is 0 Å². The normalized spacial score (nSPS) is 18.9. The van der Waals surface area contributed by atoms with Crippen LogP contribution in [0.1, 0.15) is 54.4 Å². The predicted molar refractivity (Wildman–Crippen MR) is 105 cm³/mol. The number of amides is 2. The largest absolute Gasteiger partial charge is 0.444 e. The number of hydrogen-bond acceptors (Lipinski definition) is 5. The fourth-order valence-corrected chi connectivity index (χ4v) is 3.57. The fraction of sp³-hybridized carbons (Fsp3) is 0.889. The molecule has 8 nitrogen and oxygen atoms in total. The molecular formula is C18H35N3O5S. The van der Waals surface area contributed by atoms with Gasteiger partial charge in [0, 0.05) is 31.6 Å². The van der Waals surface area contributed by atoms with E-state index in [9.17, 15) is 18.0 Å². The molecule has 0 radical (unpaired) electrons. The summed E-state index contributed by atoms with van der Waals surface area (Å²) < 4.78 is 30.7. The van der Waals surface area contributed by atoms with Crippen LogP contribution >= 0.6 is 0 Å². The average Bonchev–Trinajstić information content (AvgIpc) is 2.57. The van der Waals surface area contributed by atoms with Crippen molar-refractivity contribution in [1.29, 1.82) is 0 Å². The van der Waals surface area contributed by atoms with Gasteiger partial charge in [0.25, 0.3) is 0 Å². The van der Waals surface area contributed by atoms with Crippen LogP contribution in [0, 0.1) is 11.3 Å². The third kappa shape index (κ3) is 7.65. The monoisotopic (exact) mass is 405 g/mol. The molecule has 2 N–H and O–H groups in total. The van der Waals surface area contributed by atoms with Gasteiger partial charge in [0.05, 0.1) is 5.75 Å². The molecule has 0 bridgehead atoms. The predicted octanol–water partition coefficient (Wildman–Crippen LogP) is 1.72. The van der Waals surface area contributed by atoms with Gasteiger partial charge in [0.15, 0.2) is 0 Å². The molecule has 2 amide bonds. The third-order valence-electron chi connectivity index (χ3n) is 4.79. The number of hydrogen-bond donors (Lipinski definition) is 2. The standard InChI is InChI=1S/C18H35N3O5S/c1-7-27(24,25)20-11-10-19-15(22)18(5,6)14-9-8-12-21(13-14)16(23)26-17(2,3)4/h14,20H,7-13H2,1-6H3,(H,19,22). The van der Waals surface area contributed by atoms with Crippen molar-refractivity contribution in [2.45, 2.75) is 60.0 Å². The molecule has 1 fully saturated rings. The quantitative estimate of drug-likeness (QED) is 0.628. The van der Waals surface area contributed by atoms with Crippen molar-refractivity contribution < 1.29 is 22.7 Å². The Kier molecular flexibility index (Phi) is 8.10. The Labute approximate surface area is 163 Å². The molecule has 1 unspecified atom stereocenters. The molecule has 1 atom stereocenters. The minimum absolute atomic E-state index is 0.00565. The van der Waals surface area contributed by atoms with Gasteiger partial charge in [-0.2, -0.15) is 0 Å². The molecule has 0 aromatic rings. The minimum Gasteiger partial charge on any atom is -0.444 e. The van der Waals surface area contributed by atoms with E-state index in [1.807, 2.05) is 34.6 Å². The summed E-state index contributed by atoms with van der Waals surface area (Å²) in [6.45, 7) is 12.3. The molecule has 0 aromatic carbocycles. The first kappa shape index (κ1) is 23.7. The fourth-order valence-electron chi connectivity index (χ4n) is 2.96. The van der Waals surface area contributed by atoms with E-state index in [4.69, 9.17) is 4.74 Å². The van der Waals surface area contributed by atoms with E-state index >= 15 is 0 Å². The number of rotatable bonds is 7. The van der Waals surface area contributed by atoms with E-state index in [1.54, 1.807) is 11.8 Å². The summed E-state index contributed by atoms with van der Waals surface area (Å²) in [6, 6.07) is 0. The van der Waals surface area contributed by atoms with Crippen LogP contribution in [0.3, 0.4) is 0 Å². The number of ether oxygens (including phenoxy) is 1. The number of nitrogens with zero attached hydrogens (tertiary/aromatic N) is 1. The van der Waals surface area contributed by atoms with E-state index in [2.05, 4.69) is 10.0 Å². The molecule has 1 aliphatic heterocycles. The van der Waals surface area contributed by atoms with Gasteiger partial charge in [-0.25, -0.2) is 17.9 Å². The minimum atomic E-state index is -3.26. The van der Waals surface area contributed by atoms with Crippen LogP contribution in [0.4, 0.5) is 4.79 Å². The second-order valence-corrected chi connectivity index (χ2v) is 10.6. The lowest BCUT2D eigenvalue weighted by Gasteiger charge is -2.40. The molecule has 1 aliphatic rings. The molecule has 1 saturated heterocycles. The Balaban J connectivity index is 2.59. The van der Waals surface area contributed by atoms with Crippen LogP contribution in [0.25, 0.3) is 0 Å². The molecule has 0 spiro atoms. The van der Waals surface area contributed by atoms with Crippen LogP contribution in [-0.4, -0.2) is 62.9 Å². The third-order valence-corrected chi connectivity index (χ3v) is 6.20. The van der Waals surface area contributed by atoms with Gasteiger partial charge in [-0.3, -0.25) is 4.79 Å². The second kappa shape index (κ2) is 9.23. The molecule has 0 saturated carbocycles. The number of nitrogens with one attached hydrogen (secondary N) is 2. The SMILES string of the molecule is CCS(=O)(=O)NCCNC(=O)C(C)(C)C1CCCN(C(=O)OC(C)(C)C)C1. The van der Waals surface area contributed by atoms with E-state index in [0.717, 1.165) is 12.8 Å². The highest BCUT2D eigenvalue weighted by atomic mass is 32.2. The topological polar surface area (TPSA) is 105 Å². The van der Waals surface area contributed by atoms with Gasteiger partial charge >= 0.3 is 6.09 Å². The molecular weight excluding hydrogens is 370 g/mol. The molecule has 0 aromatic heterocycles. The van der Waals surface area contributed by atoms with E-state index in [1.165, 1.54) is 0 Å². The first-order chi connectivity index (χ1) is 12.3. The van der Waals surface area contributed by atoms with E-state index < -0.39 is 21.0 Å². The highest BCUT2D eigenvalue weighted by molar-refractivity contribution is 7.89. The van der Waals surface area contributed by atoms with Gasteiger partial charge < -0.3 is 15.0 Å². The summed E-state index contributed by atoms with van der Waals surface area (Å²) in [6.07, 6.45) is 1.32. The molecule has 0 aliphatic carbocycles. The van der Waals surface area contributed by atoms with Crippen molar-refractivity contribution in [2.24, 2.45) is 11.3 Å². The Morgan fingerprint density at radius 2 is 1.78 bits per heavy atom. The van der Waals surface area contributed by atoms with Crippen LogP contribution in [0.5, 0.6) is 0 Å². The molecule has 9 heteroatoms. The average molecular weight is 406 g/mol. The number of sulfonamides is 1. The zero-order valence-corrected chi connectivity index (χ0v) is 18.2. The maximum atomic E-state index is 12.6. The van der Waals surface area contributed by atoms with Gasteiger partial charge in [0.2, 0.25) is 15.9 Å². The van der Waals surface area contributed by atoms with Crippen molar-refractivity contribution >= 4 is 22.0 Å². The van der Waals surface area contributed by atoms with Crippen LogP contribution in [-0.2, 0) is 19.6 Å². The molecule has 158 valence electrons. The summed E-state index contributed by atoms with van der Waals surface area (Å²) in [4.78, 5) is 26.6. The zero-order valence-electron chi connectivity index (χ0n) is 17.4. The number of carbonyl (C=O) groups is 2. The summed E-state index contributed by atoms with van der Waals surface area (Å²) in [5.74, 6) is -0.130. The van der Waals surface area contributed by atoms with Crippen LogP contribution < -0.4 is 10.0 Å². The number of likely N-dealkylation sites (tertiary alicyclic amines) is 1. The van der Waals surface area contributed by atoms with Crippen molar-refractivity contribution in [1.82, 2.24) is 14.9 Å². The second-order valence-electron chi connectivity index (χ2n) is 8.54. The number of carbonyl (C=O) groups excluding carboxylic acids is 2. The lowest BCUT2D eigenvalue weighted by atomic mass is 9.74. The van der Waals surface area contributed by atoms with Crippen molar-refractivity contribution in [3.8, 4) is 0 Å². The zero-order chi connectivity index (χ0) is 20.9. The smallest absolute Gasteiger partial charge is 0.410 e. The highest BCUT2D eigenvalue weighted by Crippen LogP contribution is 2.34. The Morgan fingerprint density at radius 1 is 1.15 bits per heavy atom. The molecule has 1 heterocycles. The summed E-state index contributed by atoms with van der Waals surface area (Å²) >= 11 is 0. The Bertz CT molecular complexity index is 625. The van der Waals surface area contributed by atoms with E-state index in [0.29, 0.717) is 13.1 Å². The first-order valence-electron chi connectivity index (χ1n) is 9.52. The Hall–Kier alpha value is -1.35. The lowest BCUT2D eigenvalue weighted by molar-refractivity contribution is -0.133. The van der Waals surface area contributed by atoms with Crippen LogP contribution in [0.2, 0.25) is 0 Å². The first-order valence-corrected chi connectivity index (χ1v) is 11.2. The molecule has 27 heavy (non-hydrogen) atoms.